The maximum atomic E-state index is 7.04. The fourth-order valence-corrected chi connectivity index (χ4v) is 9.21. The Morgan fingerprint density at radius 3 is 1.67 bits per heavy atom. The third-order valence-corrected chi connectivity index (χ3v) is 12.1. The minimum Gasteiger partial charge on any atom is -0.455 e. The van der Waals surface area contributed by atoms with Crippen molar-refractivity contribution in [3.8, 4) is 51.0 Å². The number of para-hydroxylation sites is 6. The number of benzene rings is 9. The number of furan rings is 2. The van der Waals surface area contributed by atoms with Gasteiger partial charge in [0.05, 0.1) is 22.2 Å². The highest BCUT2D eigenvalue weighted by molar-refractivity contribution is 6.15. The Kier molecular flexibility index (Phi) is 7.21. The highest BCUT2D eigenvalue weighted by Gasteiger charge is 2.22. The molecule has 4 heterocycles. The van der Waals surface area contributed by atoms with Gasteiger partial charge in [0.15, 0.2) is 17.5 Å². The summed E-state index contributed by atoms with van der Waals surface area (Å²) in [6.45, 7) is 0. The zero-order chi connectivity index (χ0) is 40.0. The van der Waals surface area contributed by atoms with E-state index in [1.54, 1.807) is 0 Å². The number of nitrogens with zero attached hydrogens (tertiary/aromatic N) is 4. The van der Waals surface area contributed by atoms with Crippen LogP contribution in [0.2, 0.25) is 0 Å². The van der Waals surface area contributed by atoms with Gasteiger partial charge in [0.25, 0.3) is 0 Å². The standard InChI is InChI=1S/C55H32N4O2/c1-2-15-37(16-3-1)59-47-25-8-6-17-39(47)40-30-29-35(32-48(40)59)38-19-10-21-43-44-22-12-24-46(52(44)61-50(38)43)55-57-53(36-28-27-33-13-4-5-14-34(33)31-36)56-54(58-55)45-23-11-20-42-41-18-7-9-26-49(41)60-51(42)45/h1-32H. The average Bonchev–Trinajstić information content (AvgIpc) is 4.01. The van der Waals surface area contributed by atoms with Crippen molar-refractivity contribution in [2.45, 2.75) is 0 Å². The van der Waals surface area contributed by atoms with Gasteiger partial charge in [-0.2, -0.15) is 0 Å². The lowest BCUT2D eigenvalue weighted by Gasteiger charge is -2.10. The second kappa shape index (κ2) is 13.1. The number of fused-ring (bicyclic) bond motifs is 10. The van der Waals surface area contributed by atoms with E-state index < -0.39 is 0 Å². The molecule has 0 spiro atoms. The van der Waals surface area contributed by atoms with E-state index in [9.17, 15) is 0 Å². The van der Waals surface area contributed by atoms with E-state index in [0.29, 0.717) is 23.1 Å². The van der Waals surface area contributed by atoms with Crippen LogP contribution < -0.4 is 0 Å². The van der Waals surface area contributed by atoms with Crippen molar-refractivity contribution in [2.24, 2.45) is 0 Å². The number of rotatable bonds is 5. The molecule has 0 radical (unpaired) electrons. The molecule has 61 heavy (non-hydrogen) atoms. The third-order valence-electron chi connectivity index (χ3n) is 12.1. The number of hydrogen-bond donors (Lipinski definition) is 0. The first-order valence-electron chi connectivity index (χ1n) is 20.4. The summed E-state index contributed by atoms with van der Waals surface area (Å²) in [5, 5.41) is 8.75. The van der Waals surface area contributed by atoms with Gasteiger partial charge < -0.3 is 13.4 Å². The second-order valence-corrected chi connectivity index (χ2v) is 15.5. The van der Waals surface area contributed by atoms with Crippen molar-refractivity contribution in [3.05, 3.63) is 194 Å². The van der Waals surface area contributed by atoms with Crippen LogP contribution in [0.25, 0.3) is 127 Å². The predicted molar refractivity (Wildman–Crippen MR) is 248 cm³/mol. The molecule has 4 aromatic heterocycles. The van der Waals surface area contributed by atoms with Crippen molar-refractivity contribution < 1.29 is 8.83 Å². The molecule has 284 valence electrons. The molecule has 13 aromatic rings. The van der Waals surface area contributed by atoms with Crippen LogP contribution >= 0.6 is 0 Å². The molecule has 0 saturated carbocycles. The summed E-state index contributed by atoms with van der Waals surface area (Å²) in [5.74, 6) is 1.60. The van der Waals surface area contributed by atoms with Gasteiger partial charge >= 0.3 is 0 Å². The first-order chi connectivity index (χ1) is 30.2. The summed E-state index contributed by atoms with van der Waals surface area (Å²) >= 11 is 0. The largest absolute Gasteiger partial charge is 0.455 e. The van der Waals surface area contributed by atoms with Gasteiger partial charge in [0.1, 0.15) is 22.3 Å². The molecule has 6 nitrogen and oxygen atoms in total. The van der Waals surface area contributed by atoms with E-state index in [2.05, 4.69) is 162 Å². The first-order valence-corrected chi connectivity index (χ1v) is 20.4. The first kappa shape index (κ1) is 33.6. The zero-order valence-corrected chi connectivity index (χ0v) is 32.6. The Balaban J connectivity index is 1.03. The summed E-state index contributed by atoms with van der Waals surface area (Å²) in [5.41, 5.74) is 11.0. The molecule has 0 aliphatic carbocycles. The zero-order valence-electron chi connectivity index (χ0n) is 32.6. The van der Waals surface area contributed by atoms with Crippen LogP contribution in [0.3, 0.4) is 0 Å². The maximum Gasteiger partial charge on any atom is 0.167 e. The Morgan fingerprint density at radius 2 is 0.885 bits per heavy atom. The van der Waals surface area contributed by atoms with Crippen LogP contribution in [-0.2, 0) is 0 Å². The topological polar surface area (TPSA) is 69.9 Å². The molecule has 0 aliphatic heterocycles. The molecule has 0 atom stereocenters. The molecule has 13 rings (SSSR count). The van der Waals surface area contributed by atoms with E-state index in [1.807, 2.05) is 36.4 Å². The Bertz CT molecular complexity index is 3900. The average molecular weight is 781 g/mol. The van der Waals surface area contributed by atoms with Gasteiger partial charge in [0, 0.05) is 49.1 Å². The summed E-state index contributed by atoms with van der Waals surface area (Å²) in [6, 6.07) is 67.4. The Labute approximate surface area is 348 Å². The van der Waals surface area contributed by atoms with E-state index in [1.165, 1.54) is 16.3 Å². The minimum absolute atomic E-state index is 0.515. The molecule has 0 unspecified atom stereocenters. The molecular weight excluding hydrogens is 749 g/mol. The Hall–Kier alpha value is -8.35. The molecular formula is C55H32N4O2. The van der Waals surface area contributed by atoms with E-state index in [0.717, 1.165) is 88.1 Å². The van der Waals surface area contributed by atoms with Crippen molar-refractivity contribution in [3.63, 3.8) is 0 Å². The number of hydrogen-bond acceptors (Lipinski definition) is 5. The monoisotopic (exact) mass is 780 g/mol. The molecule has 0 amide bonds. The van der Waals surface area contributed by atoms with Gasteiger partial charge in [-0.05, 0) is 64.9 Å². The van der Waals surface area contributed by atoms with Crippen LogP contribution in [0.15, 0.2) is 203 Å². The lowest BCUT2D eigenvalue weighted by molar-refractivity contribution is 0.669. The molecule has 0 saturated heterocycles. The molecule has 0 bridgehead atoms. The summed E-state index contributed by atoms with van der Waals surface area (Å²) in [7, 11) is 0. The van der Waals surface area contributed by atoms with Gasteiger partial charge in [0.2, 0.25) is 0 Å². The van der Waals surface area contributed by atoms with Crippen molar-refractivity contribution in [1.29, 1.82) is 0 Å². The van der Waals surface area contributed by atoms with E-state index in [4.69, 9.17) is 23.8 Å². The fraction of sp³-hybridized carbons (Fsp3) is 0. The lowest BCUT2D eigenvalue weighted by Crippen LogP contribution is -2.00. The fourth-order valence-electron chi connectivity index (χ4n) is 9.21. The van der Waals surface area contributed by atoms with Crippen LogP contribution in [0.4, 0.5) is 0 Å². The highest BCUT2D eigenvalue weighted by atomic mass is 16.3. The normalized spacial score (nSPS) is 11.9. The SMILES string of the molecule is c1ccc(-n2c3ccccc3c3ccc(-c4cccc5c4oc4c(-c6nc(-c7ccc8ccccc8c7)nc(-c7cccc8c7oc7ccccc78)n6)cccc45)cc32)cc1. The minimum atomic E-state index is 0.515. The second-order valence-electron chi connectivity index (χ2n) is 15.5. The van der Waals surface area contributed by atoms with Gasteiger partial charge in [-0.15, -0.1) is 0 Å². The van der Waals surface area contributed by atoms with Crippen LogP contribution in [0, 0.1) is 0 Å². The van der Waals surface area contributed by atoms with Gasteiger partial charge in [-0.3, -0.25) is 0 Å². The highest BCUT2D eigenvalue weighted by Crippen LogP contribution is 2.42. The van der Waals surface area contributed by atoms with Crippen LogP contribution in [-0.4, -0.2) is 19.5 Å². The van der Waals surface area contributed by atoms with Gasteiger partial charge in [-0.1, -0.05) is 146 Å². The molecule has 9 aromatic carbocycles. The molecule has 0 fully saturated rings. The summed E-state index contributed by atoms with van der Waals surface area (Å²) < 4.78 is 15.9. The smallest absolute Gasteiger partial charge is 0.167 e. The predicted octanol–water partition coefficient (Wildman–Crippen LogP) is 14.6. The third kappa shape index (κ3) is 5.19. The van der Waals surface area contributed by atoms with E-state index >= 15 is 0 Å². The van der Waals surface area contributed by atoms with Crippen LogP contribution in [0.5, 0.6) is 0 Å². The van der Waals surface area contributed by atoms with Crippen LogP contribution in [0.1, 0.15) is 0 Å². The number of aromatic nitrogens is 4. The summed E-state index contributed by atoms with van der Waals surface area (Å²) in [6.07, 6.45) is 0. The van der Waals surface area contributed by atoms with Crippen molar-refractivity contribution >= 4 is 76.5 Å². The molecule has 6 heteroatoms. The molecule has 0 aliphatic rings. The van der Waals surface area contributed by atoms with Gasteiger partial charge in [-0.25, -0.2) is 15.0 Å². The quantitative estimate of drug-likeness (QED) is 0.174. The van der Waals surface area contributed by atoms with E-state index in [-0.39, 0.29) is 0 Å². The van der Waals surface area contributed by atoms with Crippen molar-refractivity contribution in [1.82, 2.24) is 19.5 Å². The molecule has 0 N–H and O–H groups in total. The maximum absolute atomic E-state index is 7.04. The van der Waals surface area contributed by atoms with Crippen molar-refractivity contribution in [2.75, 3.05) is 0 Å². The lowest BCUT2D eigenvalue weighted by atomic mass is 10.0. The Morgan fingerprint density at radius 1 is 0.328 bits per heavy atom. The summed E-state index contributed by atoms with van der Waals surface area (Å²) in [4.78, 5) is 15.6.